The van der Waals surface area contributed by atoms with Crippen molar-refractivity contribution in [2.45, 2.75) is 5.67 Å². The van der Waals surface area contributed by atoms with Gasteiger partial charge in [-0.3, -0.25) is 9.59 Å². The van der Waals surface area contributed by atoms with Gasteiger partial charge in [-0.2, -0.15) is 0 Å². The van der Waals surface area contributed by atoms with Crippen LogP contribution in [0, 0.1) is 0 Å². The number of nitrogens with two attached hydrogens (primary N) is 1. The molecule has 2 N–H and O–H groups in total. The van der Waals surface area contributed by atoms with Crippen LogP contribution in [0.2, 0.25) is 0 Å². The number of alkyl halides is 1. The summed E-state index contributed by atoms with van der Waals surface area (Å²) in [4.78, 5) is 36.7. The highest BCUT2D eigenvalue weighted by Crippen LogP contribution is 2.45. The number of ketones is 1. The summed E-state index contributed by atoms with van der Waals surface area (Å²) in [6, 6.07) is 7.60. The van der Waals surface area contributed by atoms with Gasteiger partial charge in [0, 0.05) is 5.56 Å². The highest BCUT2D eigenvalue weighted by molar-refractivity contribution is 7.12. The van der Waals surface area contributed by atoms with Gasteiger partial charge in [-0.25, -0.2) is 14.1 Å². The van der Waals surface area contributed by atoms with Gasteiger partial charge in [0.25, 0.3) is 11.6 Å². The van der Waals surface area contributed by atoms with E-state index in [2.05, 4.69) is 0 Å². The lowest BCUT2D eigenvalue weighted by atomic mass is 9.92. The standard InChI is InChI=1S/C14H9FN2O3S/c15-14(11(18)10-6-3-7-21-10)8-4-1-2-5-9(8)17(12(14)19)13(16)20/h1-7H,(H2,16,20). The van der Waals surface area contributed by atoms with Crippen molar-refractivity contribution in [1.29, 1.82) is 0 Å². The molecule has 2 aromatic rings. The summed E-state index contributed by atoms with van der Waals surface area (Å²) in [5.41, 5.74) is 2.06. The molecule has 0 saturated heterocycles. The Balaban J connectivity index is 2.21. The summed E-state index contributed by atoms with van der Waals surface area (Å²) < 4.78 is 15.3. The third-order valence-electron chi connectivity index (χ3n) is 3.29. The number of hydrogen-bond acceptors (Lipinski definition) is 4. The van der Waals surface area contributed by atoms with Crippen LogP contribution >= 0.6 is 11.3 Å². The summed E-state index contributed by atoms with van der Waals surface area (Å²) >= 11 is 1.03. The number of imide groups is 1. The third-order valence-corrected chi connectivity index (χ3v) is 4.16. The molecule has 1 unspecified atom stereocenters. The fourth-order valence-electron chi connectivity index (χ4n) is 2.35. The molecule has 21 heavy (non-hydrogen) atoms. The number of anilines is 1. The predicted octanol–water partition coefficient (Wildman–Crippen LogP) is 2.22. The second kappa shape index (κ2) is 4.49. The van der Waals surface area contributed by atoms with E-state index < -0.39 is 23.4 Å². The zero-order chi connectivity index (χ0) is 15.2. The molecule has 0 saturated carbocycles. The number of thiophene rings is 1. The van der Waals surface area contributed by atoms with E-state index in [0.29, 0.717) is 4.90 Å². The van der Waals surface area contributed by atoms with Crippen LogP contribution in [0.5, 0.6) is 0 Å². The number of Topliss-reactive ketones (excluding diaryl/α,β-unsaturated/α-hetero) is 1. The summed E-state index contributed by atoms with van der Waals surface area (Å²) in [5.74, 6) is -2.26. The molecule has 2 heterocycles. The average Bonchev–Trinajstić information content (AvgIpc) is 3.06. The number of rotatable bonds is 2. The molecule has 1 aromatic heterocycles. The van der Waals surface area contributed by atoms with E-state index in [1.165, 1.54) is 30.3 Å². The van der Waals surface area contributed by atoms with Crippen molar-refractivity contribution in [2.75, 3.05) is 4.90 Å². The third kappa shape index (κ3) is 1.71. The van der Waals surface area contributed by atoms with Crippen molar-refractivity contribution in [1.82, 2.24) is 0 Å². The van der Waals surface area contributed by atoms with Crippen LogP contribution in [-0.4, -0.2) is 17.7 Å². The van der Waals surface area contributed by atoms with Crippen molar-refractivity contribution in [2.24, 2.45) is 5.73 Å². The van der Waals surface area contributed by atoms with Crippen molar-refractivity contribution in [3.63, 3.8) is 0 Å². The molecular formula is C14H9FN2O3S. The van der Waals surface area contributed by atoms with Crippen molar-refractivity contribution in [3.05, 3.63) is 52.2 Å². The fourth-order valence-corrected chi connectivity index (χ4v) is 3.06. The molecule has 0 aliphatic carbocycles. The molecule has 7 heteroatoms. The maximum atomic E-state index is 15.3. The molecule has 5 nitrogen and oxygen atoms in total. The smallest absolute Gasteiger partial charge is 0.326 e. The van der Waals surface area contributed by atoms with Crippen molar-refractivity contribution in [3.8, 4) is 0 Å². The van der Waals surface area contributed by atoms with Gasteiger partial charge in [0.05, 0.1) is 10.6 Å². The number of urea groups is 1. The predicted molar refractivity (Wildman–Crippen MR) is 74.9 cm³/mol. The average molecular weight is 304 g/mol. The normalized spacial score (nSPS) is 20.4. The van der Waals surface area contributed by atoms with Gasteiger partial charge in [-0.1, -0.05) is 24.3 Å². The Morgan fingerprint density at radius 1 is 1.19 bits per heavy atom. The lowest BCUT2D eigenvalue weighted by molar-refractivity contribution is -0.125. The zero-order valence-corrected chi connectivity index (χ0v) is 11.4. The first-order valence-corrected chi connectivity index (χ1v) is 6.86. The maximum absolute atomic E-state index is 15.3. The Hall–Kier alpha value is -2.54. The number of carbonyl (C=O) groups excluding carboxylic acids is 3. The lowest BCUT2D eigenvalue weighted by Crippen LogP contribution is -2.47. The van der Waals surface area contributed by atoms with E-state index in [1.54, 1.807) is 11.4 Å². The molecule has 0 bridgehead atoms. The Morgan fingerprint density at radius 2 is 1.90 bits per heavy atom. The Kier molecular flexibility index (Phi) is 2.87. The Bertz CT molecular complexity index is 759. The molecule has 0 fully saturated rings. The Morgan fingerprint density at radius 3 is 2.52 bits per heavy atom. The number of para-hydroxylation sites is 1. The number of primary amides is 1. The topological polar surface area (TPSA) is 80.5 Å². The fraction of sp³-hybridized carbons (Fsp3) is 0.0714. The molecular weight excluding hydrogens is 295 g/mol. The van der Waals surface area contributed by atoms with Crippen LogP contribution in [0.1, 0.15) is 15.2 Å². The minimum atomic E-state index is -2.92. The van der Waals surface area contributed by atoms with Crippen LogP contribution in [0.25, 0.3) is 0 Å². The second-order valence-corrected chi connectivity index (χ2v) is 5.41. The first-order chi connectivity index (χ1) is 9.98. The van der Waals surface area contributed by atoms with Crippen LogP contribution in [-0.2, 0) is 10.5 Å². The van der Waals surface area contributed by atoms with E-state index >= 15 is 4.39 Å². The number of halogens is 1. The van der Waals surface area contributed by atoms with Crippen LogP contribution in [0.3, 0.4) is 0 Å². The lowest BCUT2D eigenvalue weighted by Gasteiger charge is -2.17. The van der Waals surface area contributed by atoms with Crippen LogP contribution < -0.4 is 10.6 Å². The number of fused-ring (bicyclic) bond motifs is 1. The van der Waals surface area contributed by atoms with Gasteiger partial charge in [-0.05, 0) is 17.5 Å². The first-order valence-electron chi connectivity index (χ1n) is 5.98. The summed E-state index contributed by atoms with van der Waals surface area (Å²) in [7, 11) is 0. The van der Waals surface area contributed by atoms with E-state index in [1.807, 2.05) is 0 Å². The molecule has 0 radical (unpaired) electrons. The minimum absolute atomic E-state index is 0.00223. The summed E-state index contributed by atoms with van der Waals surface area (Å²) in [6.07, 6.45) is 0. The highest BCUT2D eigenvalue weighted by atomic mass is 32.1. The van der Waals surface area contributed by atoms with E-state index in [9.17, 15) is 14.4 Å². The highest BCUT2D eigenvalue weighted by Gasteiger charge is 2.59. The summed E-state index contributed by atoms with van der Waals surface area (Å²) in [6.45, 7) is 0. The van der Waals surface area contributed by atoms with Gasteiger partial charge >= 0.3 is 6.03 Å². The molecule has 1 aliphatic heterocycles. The first kappa shape index (κ1) is 13.4. The number of hydrogen-bond donors (Lipinski definition) is 1. The second-order valence-electron chi connectivity index (χ2n) is 4.46. The number of benzene rings is 1. The molecule has 1 aliphatic rings. The van der Waals surface area contributed by atoms with E-state index in [0.717, 1.165) is 11.3 Å². The molecule has 0 spiro atoms. The number of nitrogens with zero attached hydrogens (tertiary/aromatic N) is 1. The number of carbonyl (C=O) groups is 3. The molecule has 106 valence electrons. The van der Waals surface area contributed by atoms with Crippen LogP contribution in [0.4, 0.5) is 14.9 Å². The van der Waals surface area contributed by atoms with Gasteiger partial charge in [-0.15, -0.1) is 11.3 Å². The van der Waals surface area contributed by atoms with Crippen molar-refractivity contribution >= 4 is 34.7 Å². The zero-order valence-electron chi connectivity index (χ0n) is 10.6. The molecule has 3 amide bonds. The SMILES string of the molecule is NC(=O)N1C(=O)C(F)(C(=O)c2cccs2)c2ccccc21. The molecule has 1 aromatic carbocycles. The maximum Gasteiger partial charge on any atom is 0.326 e. The number of amides is 3. The van der Waals surface area contributed by atoms with Gasteiger partial charge in [0.2, 0.25) is 5.78 Å². The molecule has 1 atom stereocenters. The monoisotopic (exact) mass is 304 g/mol. The van der Waals surface area contributed by atoms with Gasteiger partial charge in [0.1, 0.15) is 0 Å². The van der Waals surface area contributed by atoms with Crippen molar-refractivity contribution < 1.29 is 18.8 Å². The minimum Gasteiger partial charge on any atom is -0.351 e. The summed E-state index contributed by atoms with van der Waals surface area (Å²) in [5, 5.41) is 1.60. The van der Waals surface area contributed by atoms with Gasteiger partial charge in [0.15, 0.2) is 0 Å². The molecule has 3 rings (SSSR count). The van der Waals surface area contributed by atoms with E-state index in [-0.39, 0.29) is 16.1 Å². The van der Waals surface area contributed by atoms with Crippen LogP contribution in [0.15, 0.2) is 41.8 Å². The quantitative estimate of drug-likeness (QED) is 0.682. The largest absolute Gasteiger partial charge is 0.351 e. The van der Waals surface area contributed by atoms with Gasteiger partial charge < -0.3 is 5.73 Å². The van der Waals surface area contributed by atoms with E-state index in [4.69, 9.17) is 5.73 Å². The Labute approximate surface area is 122 Å².